The first-order chi connectivity index (χ1) is 5.86. The van der Waals surface area contributed by atoms with Crippen molar-refractivity contribution in [1.82, 2.24) is 10.6 Å². The molecule has 1 aromatic carbocycles. The molecule has 62 valence electrons. The molecule has 0 amide bonds. The highest BCUT2D eigenvalue weighted by molar-refractivity contribution is 9.10. The van der Waals surface area contributed by atoms with Crippen LogP contribution in [0.3, 0.4) is 0 Å². The number of rotatable bonds is 1. The lowest BCUT2D eigenvalue weighted by atomic mass is 10.2. The van der Waals surface area contributed by atoms with E-state index < -0.39 is 0 Å². The van der Waals surface area contributed by atoms with E-state index in [4.69, 9.17) is 0 Å². The van der Waals surface area contributed by atoms with Crippen LogP contribution in [0.4, 0.5) is 0 Å². The van der Waals surface area contributed by atoms with Gasteiger partial charge in [-0.3, -0.25) is 0 Å². The molecule has 0 saturated heterocycles. The minimum absolute atomic E-state index is 0.825. The maximum absolute atomic E-state index is 3.40. The molecule has 0 radical (unpaired) electrons. The number of hydrogen-bond donors (Lipinski definition) is 2. The Kier molecular flexibility index (Phi) is 2.04. The molecule has 0 fully saturated rings. The average Bonchev–Trinajstić information content (AvgIpc) is 2.58. The van der Waals surface area contributed by atoms with Crippen LogP contribution in [0.25, 0.3) is 5.70 Å². The topological polar surface area (TPSA) is 24.1 Å². The van der Waals surface area contributed by atoms with Gasteiger partial charge in [0, 0.05) is 10.7 Å². The summed E-state index contributed by atoms with van der Waals surface area (Å²) in [4.78, 5) is 0. The van der Waals surface area contributed by atoms with E-state index in [1.54, 1.807) is 0 Å². The summed E-state index contributed by atoms with van der Waals surface area (Å²) in [5.41, 5.74) is 2.37. The van der Waals surface area contributed by atoms with Gasteiger partial charge in [-0.05, 0) is 17.7 Å². The Morgan fingerprint density at radius 2 is 1.92 bits per heavy atom. The third kappa shape index (κ3) is 1.46. The Balaban J connectivity index is 2.28. The first kappa shape index (κ1) is 7.68. The monoisotopic (exact) mass is 224 g/mol. The molecule has 0 spiro atoms. The standard InChI is InChI=1S/C9H9BrN2/c10-8-3-1-7(2-4-8)9-5-11-6-12-9/h1-5,11-12H,6H2. The van der Waals surface area contributed by atoms with Gasteiger partial charge in [0.1, 0.15) is 0 Å². The second kappa shape index (κ2) is 3.19. The molecule has 1 aliphatic heterocycles. The van der Waals surface area contributed by atoms with Crippen LogP contribution >= 0.6 is 15.9 Å². The van der Waals surface area contributed by atoms with Gasteiger partial charge < -0.3 is 10.6 Å². The number of nitrogens with one attached hydrogen (secondary N) is 2. The zero-order valence-corrected chi connectivity index (χ0v) is 8.06. The fraction of sp³-hybridized carbons (Fsp3) is 0.111. The van der Waals surface area contributed by atoms with Gasteiger partial charge in [0.15, 0.2) is 0 Å². The van der Waals surface area contributed by atoms with E-state index in [1.807, 2.05) is 18.3 Å². The van der Waals surface area contributed by atoms with E-state index in [9.17, 15) is 0 Å². The molecule has 0 bridgehead atoms. The van der Waals surface area contributed by atoms with Gasteiger partial charge in [0.25, 0.3) is 0 Å². The maximum atomic E-state index is 3.40. The van der Waals surface area contributed by atoms with E-state index in [-0.39, 0.29) is 0 Å². The molecular weight excluding hydrogens is 216 g/mol. The van der Waals surface area contributed by atoms with Gasteiger partial charge in [-0.25, -0.2) is 0 Å². The van der Waals surface area contributed by atoms with E-state index in [2.05, 4.69) is 38.7 Å². The Hall–Kier alpha value is -0.960. The van der Waals surface area contributed by atoms with Crippen molar-refractivity contribution in [3.8, 4) is 0 Å². The number of hydrogen-bond acceptors (Lipinski definition) is 2. The van der Waals surface area contributed by atoms with Gasteiger partial charge in [-0.1, -0.05) is 28.1 Å². The molecule has 2 N–H and O–H groups in total. The van der Waals surface area contributed by atoms with E-state index in [0.29, 0.717) is 0 Å². The predicted octanol–water partition coefficient (Wildman–Crippen LogP) is 1.90. The molecule has 2 rings (SSSR count). The van der Waals surface area contributed by atoms with Gasteiger partial charge in [-0.15, -0.1) is 0 Å². The van der Waals surface area contributed by atoms with Crippen molar-refractivity contribution in [3.63, 3.8) is 0 Å². The molecule has 1 heterocycles. The summed E-state index contributed by atoms with van der Waals surface area (Å²) < 4.78 is 1.11. The van der Waals surface area contributed by atoms with Crippen molar-refractivity contribution >= 4 is 21.6 Å². The second-order valence-corrected chi connectivity index (χ2v) is 3.54. The van der Waals surface area contributed by atoms with Crippen molar-refractivity contribution in [2.45, 2.75) is 0 Å². The largest absolute Gasteiger partial charge is 0.372 e. The summed E-state index contributed by atoms with van der Waals surface area (Å²) >= 11 is 3.40. The van der Waals surface area contributed by atoms with Crippen molar-refractivity contribution in [2.75, 3.05) is 6.67 Å². The molecule has 3 heteroatoms. The smallest absolute Gasteiger partial charge is 0.0846 e. The summed E-state index contributed by atoms with van der Waals surface area (Å²) in [7, 11) is 0. The fourth-order valence-corrected chi connectivity index (χ4v) is 1.43. The molecule has 0 aromatic heterocycles. The third-order valence-electron chi connectivity index (χ3n) is 1.78. The normalized spacial score (nSPS) is 14.9. The molecule has 1 aliphatic rings. The summed E-state index contributed by atoms with van der Waals surface area (Å²) in [6.07, 6.45) is 1.99. The maximum Gasteiger partial charge on any atom is 0.0846 e. The summed E-state index contributed by atoms with van der Waals surface area (Å²) in [6, 6.07) is 8.23. The lowest BCUT2D eigenvalue weighted by Crippen LogP contribution is -2.13. The van der Waals surface area contributed by atoms with Crippen molar-refractivity contribution in [2.24, 2.45) is 0 Å². The SMILES string of the molecule is Brc1ccc(C2=CNCN2)cc1. The molecular formula is C9H9BrN2. The summed E-state index contributed by atoms with van der Waals surface area (Å²) in [5, 5.41) is 6.33. The minimum Gasteiger partial charge on any atom is -0.372 e. The molecule has 0 aliphatic carbocycles. The predicted molar refractivity (Wildman–Crippen MR) is 53.3 cm³/mol. The van der Waals surface area contributed by atoms with Crippen LogP contribution < -0.4 is 10.6 Å². The lowest BCUT2D eigenvalue weighted by Gasteiger charge is -2.01. The average molecular weight is 225 g/mol. The summed E-state index contributed by atoms with van der Waals surface area (Å²) in [5.74, 6) is 0. The Bertz CT molecular complexity index is 303. The van der Waals surface area contributed by atoms with Crippen molar-refractivity contribution < 1.29 is 0 Å². The first-order valence-electron chi connectivity index (χ1n) is 3.79. The van der Waals surface area contributed by atoms with Crippen LogP contribution in [-0.4, -0.2) is 6.67 Å². The fourth-order valence-electron chi connectivity index (χ4n) is 1.17. The summed E-state index contributed by atoms with van der Waals surface area (Å²) in [6.45, 7) is 0.825. The van der Waals surface area contributed by atoms with E-state index >= 15 is 0 Å². The van der Waals surface area contributed by atoms with Gasteiger partial charge in [0.05, 0.1) is 12.4 Å². The Labute approximate surface area is 79.8 Å². The van der Waals surface area contributed by atoms with Crippen LogP contribution in [0, 0.1) is 0 Å². The first-order valence-corrected chi connectivity index (χ1v) is 4.59. The van der Waals surface area contributed by atoms with Crippen molar-refractivity contribution in [3.05, 3.63) is 40.5 Å². The quantitative estimate of drug-likeness (QED) is 0.762. The van der Waals surface area contributed by atoms with Crippen LogP contribution in [0.15, 0.2) is 34.9 Å². The molecule has 0 atom stereocenters. The highest BCUT2D eigenvalue weighted by Gasteiger charge is 2.03. The second-order valence-electron chi connectivity index (χ2n) is 2.62. The molecule has 1 aromatic rings. The zero-order valence-electron chi connectivity index (χ0n) is 6.47. The van der Waals surface area contributed by atoms with Crippen LogP contribution in [0.5, 0.6) is 0 Å². The number of benzene rings is 1. The van der Waals surface area contributed by atoms with Crippen LogP contribution in [0.1, 0.15) is 5.56 Å². The molecule has 0 saturated carbocycles. The highest BCUT2D eigenvalue weighted by Crippen LogP contribution is 2.16. The molecule has 12 heavy (non-hydrogen) atoms. The minimum atomic E-state index is 0.825. The molecule has 0 unspecified atom stereocenters. The van der Waals surface area contributed by atoms with Crippen LogP contribution in [0.2, 0.25) is 0 Å². The highest BCUT2D eigenvalue weighted by atomic mass is 79.9. The van der Waals surface area contributed by atoms with Crippen LogP contribution in [-0.2, 0) is 0 Å². The third-order valence-corrected chi connectivity index (χ3v) is 2.31. The van der Waals surface area contributed by atoms with Crippen molar-refractivity contribution in [1.29, 1.82) is 0 Å². The Morgan fingerprint density at radius 1 is 1.17 bits per heavy atom. The lowest BCUT2D eigenvalue weighted by molar-refractivity contribution is 0.843. The molecule has 2 nitrogen and oxygen atoms in total. The van der Waals surface area contributed by atoms with Gasteiger partial charge in [-0.2, -0.15) is 0 Å². The van der Waals surface area contributed by atoms with Gasteiger partial charge in [0.2, 0.25) is 0 Å². The van der Waals surface area contributed by atoms with E-state index in [0.717, 1.165) is 16.8 Å². The zero-order chi connectivity index (χ0) is 8.39. The Morgan fingerprint density at radius 3 is 2.50 bits per heavy atom. The number of halogens is 1. The van der Waals surface area contributed by atoms with E-state index in [1.165, 1.54) is 5.56 Å². The van der Waals surface area contributed by atoms with Gasteiger partial charge >= 0.3 is 0 Å².